The minimum absolute atomic E-state index is 0.128. The summed E-state index contributed by atoms with van der Waals surface area (Å²) in [6.07, 6.45) is 8.38. The number of piperidine rings is 6. The average molecular weight is 1030 g/mol. The lowest BCUT2D eigenvalue weighted by atomic mass is 9.73. The average Bonchev–Trinajstić information content (AvgIpc) is 3.54. The molecule has 0 spiro atoms. The summed E-state index contributed by atoms with van der Waals surface area (Å²) in [5.41, 5.74) is 8.79. The molecule has 76 heavy (non-hydrogen) atoms. The molecule has 6 saturated heterocycles. The number of rotatable bonds is 13. The van der Waals surface area contributed by atoms with Crippen molar-refractivity contribution in [3.05, 3.63) is 191 Å². The second kappa shape index (κ2) is 24.8. The Labute approximate surface area is 449 Å². The zero-order valence-electron chi connectivity index (χ0n) is 44.4. The summed E-state index contributed by atoms with van der Waals surface area (Å²) in [7, 11) is 3.33. The zero-order chi connectivity index (χ0) is 52.2. The van der Waals surface area contributed by atoms with E-state index in [1.807, 2.05) is 107 Å². The predicted octanol–water partition coefficient (Wildman–Crippen LogP) is 11.8. The van der Waals surface area contributed by atoms with Crippen LogP contribution in [0.2, 0.25) is 0 Å². The number of fused-ring (bicyclic) bond motifs is 8. The maximum atomic E-state index is 13.5. The molecule has 6 fully saturated rings. The van der Waals surface area contributed by atoms with Gasteiger partial charge >= 0.3 is 12.2 Å². The van der Waals surface area contributed by atoms with Crippen molar-refractivity contribution in [3.8, 4) is 23.0 Å². The number of methoxy groups -OCH3 is 2. The Hall–Kier alpha value is -7.02. The van der Waals surface area contributed by atoms with Crippen molar-refractivity contribution in [2.24, 2.45) is 10.8 Å². The number of benzene rings is 6. The molecule has 0 N–H and O–H groups in total. The second-order valence-corrected chi connectivity index (χ2v) is 21.4. The van der Waals surface area contributed by atoms with Gasteiger partial charge in [-0.25, -0.2) is 9.59 Å². The predicted molar refractivity (Wildman–Crippen MR) is 295 cm³/mol. The summed E-state index contributed by atoms with van der Waals surface area (Å²) in [6, 6.07) is 50.4. The molecule has 1 atom stereocenters. The maximum Gasteiger partial charge on any atom is 0.410 e. The summed E-state index contributed by atoms with van der Waals surface area (Å²) in [6.45, 7) is 11.2. The van der Waals surface area contributed by atoms with Crippen molar-refractivity contribution in [2.75, 3.05) is 79.8 Å². The molecule has 398 valence electrons. The van der Waals surface area contributed by atoms with E-state index in [2.05, 4.69) is 64.4 Å². The van der Waals surface area contributed by atoms with Crippen LogP contribution in [-0.4, -0.2) is 112 Å². The largest absolute Gasteiger partial charge is 0.497 e. The molecule has 12 heteroatoms. The first-order chi connectivity index (χ1) is 37.2. The number of amides is 2. The van der Waals surface area contributed by atoms with Crippen LogP contribution >= 0.6 is 0 Å². The lowest BCUT2D eigenvalue weighted by molar-refractivity contribution is -0.0300. The lowest BCUT2D eigenvalue weighted by Gasteiger charge is -2.48. The van der Waals surface area contributed by atoms with Crippen LogP contribution in [0, 0.1) is 10.8 Å². The van der Waals surface area contributed by atoms with E-state index >= 15 is 0 Å². The van der Waals surface area contributed by atoms with Crippen molar-refractivity contribution < 1.29 is 38.0 Å². The van der Waals surface area contributed by atoms with E-state index in [0.717, 1.165) is 98.0 Å². The van der Waals surface area contributed by atoms with E-state index in [4.69, 9.17) is 28.4 Å². The highest BCUT2D eigenvalue weighted by atomic mass is 16.6. The number of ether oxygens (including phenoxy) is 6. The Balaban J connectivity index is 0.000000145. The number of hydrogen-bond acceptors (Lipinski definition) is 10. The van der Waals surface area contributed by atoms with Gasteiger partial charge in [-0.2, -0.15) is 0 Å². The number of carbonyl (C=O) groups excluding carboxylic acids is 2. The maximum absolute atomic E-state index is 13.5. The van der Waals surface area contributed by atoms with Gasteiger partial charge in [0.1, 0.15) is 36.2 Å². The second-order valence-electron chi connectivity index (χ2n) is 21.4. The van der Waals surface area contributed by atoms with Gasteiger partial charge in [-0.05, 0) is 178 Å². The minimum Gasteiger partial charge on any atom is -0.497 e. The standard InChI is InChI=1S/C32H36N2O4.C18H24N2O2.C14H14O2/c1-36-27-10-6-24(7-11-27)22-37-28-12-8-26(9-13-28)30-29-5-3-2-4-25(29)14-18-34(30)31(35)38-23-32-15-19-33(20-16-32)21-17-32;21-17(20-9-5-15-3-1-2-4-16(15)13-20)22-14-18-6-10-19(11-7-18)12-8-18;1-15-13-9-7-12(8-10-13)11-16-14-5-3-2-4-6-14/h2-13,30H,14-23H2,1H3;1-4H,5-14H2;2-10H,11H2,1H3/t30-;;/m1../s1. The van der Waals surface area contributed by atoms with Gasteiger partial charge in [0.2, 0.25) is 0 Å². The third kappa shape index (κ3) is 13.1. The minimum atomic E-state index is -0.202. The van der Waals surface area contributed by atoms with Crippen molar-refractivity contribution in [1.29, 1.82) is 0 Å². The van der Waals surface area contributed by atoms with Crippen LogP contribution in [0.25, 0.3) is 0 Å². The zero-order valence-corrected chi connectivity index (χ0v) is 44.4. The molecule has 8 heterocycles. The fraction of sp³-hybridized carbons (Fsp3) is 0.406. The molecule has 14 rings (SSSR count). The van der Waals surface area contributed by atoms with Crippen LogP contribution < -0.4 is 18.9 Å². The van der Waals surface area contributed by atoms with Crippen LogP contribution in [0.3, 0.4) is 0 Å². The van der Waals surface area contributed by atoms with Crippen molar-refractivity contribution in [2.45, 2.75) is 77.2 Å². The molecule has 0 radical (unpaired) electrons. The van der Waals surface area contributed by atoms with Crippen LogP contribution in [0.1, 0.15) is 83.5 Å². The Morgan fingerprint density at radius 1 is 0.461 bits per heavy atom. The Morgan fingerprint density at radius 2 is 0.908 bits per heavy atom. The lowest BCUT2D eigenvalue weighted by Crippen LogP contribution is -2.51. The molecule has 0 saturated carbocycles. The monoisotopic (exact) mass is 1030 g/mol. The third-order valence-corrected chi connectivity index (χ3v) is 16.7. The van der Waals surface area contributed by atoms with Gasteiger partial charge in [0.15, 0.2) is 0 Å². The molecular formula is C64H74N4O8. The quantitative estimate of drug-likeness (QED) is 0.111. The van der Waals surface area contributed by atoms with Gasteiger partial charge in [0.25, 0.3) is 0 Å². The molecule has 0 unspecified atom stereocenters. The summed E-state index contributed by atoms with van der Waals surface area (Å²) in [5, 5.41) is 0. The number of hydrogen-bond donors (Lipinski definition) is 0. The highest BCUT2D eigenvalue weighted by Crippen LogP contribution is 2.42. The van der Waals surface area contributed by atoms with Gasteiger partial charge in [-0.1, -0.05) is 103 Å². The molecule has 4 bridgehead atoms. The van der Waals surface area contributed by atoms with E-state index in [0.29, 0.717) is 39.5 Å². The van der Waals surface area contributed by atoms with Crippen LogP contribution in [-0.2, 0) is 42.1 Å². The summed E-state index contributed by atoms with van der Waals surface area (Å²) >= 11 is 0. The summed E-state index contributed by atoms with van der Waals surface area (Å²) in [5.74, 6) is 3.38. The molecule has 8 aliphatic heterocycles. The van der Waals surface area contributed by atoms with Gasteiger partial charge in [0.05, 0.1) is 33.5 Å². The Bertz CT molecular complexity index is 2780. The van der Waals surface area contributed by atoms with Gasteiger partial charge in [0, 0.05) is 30.5 Å². The molecule has 12 nitrogen and oxygen atoms in total. The van der Waals surface area contributed by atoms with Gasteiger partial charge in [-0.3, -0.25) is 4.90 Å². The Morgan fingerprint density at radius 3 is 1.45 bits per heavy atom. The molecule has 8 aliphatic rings. The fourth-order valence-electron chi connectivity index (χ4n) is 11.6. The fourth-order valence-corrected chi connectivity index (χ4v) is 11.6. The van der Waals surface area contributed by atoms with Crippen LogP contribution in [0.15, 0.2) is 152 Å². The molecule has 6 aromatic rings. The van der Waals surface area contributed by atoms with E-state index in [-0.39, 0.29) is 29.1 Å². The number of para-hydroxylation sites is 1. The van der Waals surface area contributed by atoms with E-state index < -0.39 is 0 Å². The van der Waals surface area contributed by atoms with Crippen molar-refractivity contribution >= 4 is 12.2 Å². The molecular weight excluding hydrogens is 953 g/mol. The number of nitrogens with zero attached hydrogens (tertiary/aromatic N) is 4. The highest BCUT2D eigenvalue weighted by Gasteiger charge is 2.42. The van der Waals surface area contributed by atoms with Crippen molar-refractivity contribution in [3.63, 3.8) is 0 Å². The SMILES string of the molecule is COc1ccc(COc2ccc([C@@H]3c4ccccc4CCN3C(=O)OCC34CCN(CC3)CC4)cc2)cc1.COc1ccc(COc2ccccc2)cc1.O=C(OCC12CCN(CC1)CC2)N1CCc2ccccc2C1. The third-order valence-electron chi connectivity index (χ3n) is 16.7. The molecule has 0 aliphatic carbocycles. The Kier molecular flexibility index (Phi) is 17.1. The number of carbonyl (C=O) groups is 2. The summed E-state index contributed by atoms with van der Waals surface area (Å²) < 4.78 is 33.8. The topological polar surface area (TPSA) is 102 Å². The van der Waals surface area contributed by atoms with E-state index in [1.165, 1.54) is 61.2 Å². The normalized spacial score (nSPS) is 22.7. The van der Waals surface area contributed by atoms with E-state index in [1.54, 1.807) is 14.2 Å². The first kappa shape index (κ1) is 52.4. The van der Waals surface area contributed by atoms with Crippen LogP contribution in [0.5, 0.6) is 23.0 Å². The van der Waals surface area contributed by atoms with E-state index in [9.17, 15) is 9.59 Å². The molecule has 2 amide bonds. The smallest absolute Gasteiger partial charge is 0.410 e. The highest BCUT2D eigenvalue weighted by molar-refractivity contribution is 5.70. The first-order valence-electron chi connectivity index (χ1n) is 27.4. The van der Waals surface area contributed by atoms with Gasteiger partial charge < -0.3 is 43.1 Å². The van der Waals surface area contributed by atoms with Crippen LogP contribution in [0.4, 0.5) is 9.59 Å². The summed E-state index contributed by atoms with van der Waals surface area (Å²) in [4.78, 5) is 34.8. The molecule has 0 aromatic heterocycles. The molecule has 6 aromatic carbocycles. The van der Waals surface area contributed by atoms with Crippen molar-refractivity contribution in [1.82, 2.24) is 19.6 Å². The first-order valence-corrected chi connectivity index (χ1v) is 27.4. The van der Waals surface area contributed by atoms with Gasteiger partial charge in [-0.15, -0.1) is 0 Å².